The van der Waals surface area contributed by atoms with Crippen LogP contribution in [-0.2, 0) is 6.42 Å². The van der Waals surface area contributed by atoms with Crippen LogP contribution in [0.15, 0.2) is 89.9 Å². The summed E-state index contributed by atoms with van der Waals surface area (Å²) in [5, 5.41) is 0. The van der Waals surface area contributed by atoms with Crippen LogP contribution in [-0.4, -0.2) is 25.0 Å². The molecule has 0 aliphatic heterocycles. The Hall–Kier alpha value is -3.58. The first-order valence-electron chi connectivity index (χ1n) is 9.97. The van der Waals surface area contributed by atoms with Crippen molar-refractivity contribution in [3.8, 4) is 11.5 Å². The van der Waals surface area contributed by atoms with E-state index in [-0.39, 0.29) is 0 Å². The number of rotatable bonds is 9. The first kappa shape index (κ1) is 23.1. The molecule has 3 aromatic rings. The molecule has 164 valence electrons. The summed E-state index contributed by atoms with van der Waals surface area (Å²) in [6.45, 7) is 4.38. The average Bonchev–Trinajstić information content (AvgIpc) is 2.83. The van der Waals surface area contributed by atoms with E-state index in [0.29, 0.717) is 42.3 Å². The highest BCUT2D eigenvalue weighted by atomic mass is 79.9. The number of carbonyl (C=O) groups is 2. The number of halogens is 1. The maximum Gasteiger partial charge on any atom is 0.273 e. The summed E-state index contributed by atoms with van der Waals surface area (Å²) in [6, 6.07) is 21.7. The van der Waals surface area contributed by atoms with Crippen molar-refractivity contribution in [3.63, 3.8) is 0 Å². The van der Waals surface area contributed by atoms with E-state index in [1.807, 2.05) is 30.3 Å². The van der Waals surface area contributed by atoms with E-state index in [4.69, 9.17) is 9.47 Å². The van der Waals surface area contributed by atoms with Gasteiger partial charge in [-0.15, -0.1) is 0 Å². The van der Waals surface area contributed by atoms with E-state index in [0.717, 1.165) is 10.0 Å². The molecule has 0 saturated carbocycles. The summed E-state index contributed by atoms with van der Waals surface area (Å²) < 4.78 is 12.0. The first-order valence-corrected chi connectivity index (χ1v) is 10.8. The Morgan fingerprint density at radius 1 is 0.906 bits per heavy atom. The van der Waals surface area contributed by atoms with E-state index in [9.17, 15) is 9.59 Å². The molecule has 0 aliphatic rings. The molecule has 0 saturated heterocycles. The molecule has 0 radical (unpaired) electrons. The average molecular weight is 495 g/mol. The summed E-state index contributed by atoms with van der Waals surface area (Å²) in [6.07, 6.45) is 2.35. The zero-order chi connectivity index (χ0) is 22.8. The quantitative estimate of drug-likeness (QED) is 0.333. The van der Waals surface area contributed by atoms with Gasteiger partial charge in [-0.3, -0.25) is 20.4 Å². The lowest BCUT2D eigenvalue weighted by Crippen LogP contribution is -2.41. The Morgan fingerprint density at radius 3 is 2.34 bits per heavy atom. The molecule has 0 aliphatic carbocycles. The molecule has 2 N–H and O–H groups in total. The van der Waals surface area contributed by atoms with Crippen LogP contribution >= 0.6 is 15.9 Å². The van der Waals surface area contributed by atoms with Gasteiger partial charge in [0.05, 0.1) is 12.2 Å². The zero-order valence-electron chi connectivity index (χ0n) is 17.3. The van der Waals surface area contributed by atoms with Crippen LogP contribution in [0.1, 0.15) is 26.3 Å². The van der Waals surface area contributed by atoms with E-state index < -0.39 is 11.8 Å². The maximum absolute atomic E-state index is 12.7. The second kappa shape index (κ2) is 11.7. The molecule has 32 heavy (non-hydrogen) atoms. The van der Waals surface area contributed by atoms with Crippen molar-refractivity contribution in [1.82, 2.24) is 10.9 Å². The minimum absolute atomic E-state index is 0.306. The lowest BCUT2D eigenvalue weighted by molar-refractivity contribution is 0.0844. The summed E-state index contributed by atoms with van der Waals surface area (Å²) in [4.78, 5) is 25.1. The molecule has 3 aromatic carbocycles. The van der Waals surface area contributed by atoms with Gasteiger partial charge in [-0.25, -0.2) is 0 Å². The zero-order valence-corrected chi connectivity index (χ0v) is 18.9. The predicted octanol–water partition coefficient (Wildman–Crippen LogP) is 4.71. The van der Waals surface area contributed by atoms with Gasteiger partial charge in [0.1, 0.15) is 18.1 Å². The monoisotopic (exact) mass is 494 g/mol. The van der Waals surface area contributed by atoms with Gasteiger partial charge >= 0.3 is 0 Å². The second-order valence-corrected chi connectivity index (χ2v) is 7.67. The number of nitrogens with one attached hydrogen (secondary N) is 2. The fraction of sp³-hybridized carbons (Fsp3) is 0.120. The summed E-state index contributed by atoms with van der Waals surface area (Å²) >= 11 is 3.37. The highest BCUT2D eigenvalue weighted by Crippen LogP contribution is 2.23. The Kier molecular flexibility index (Phi) is 8.45. The second-order valence-electron chi connectivity index (χ2n) is 6.76. The van der Waals surface area contributed by atoms with E-state index in [2.05, 4.69) is 33.4 Å². The van der Waals surface area contributed by atoms with Crippen LogP contribution in [0.2, 0.25) is 0 Å². The third-order valence-electron chi connectivity index (χ3n) is 4.45. The molecule has 6 nitrogen and oxygen atoms in total. The molecule has 0 spiro atoms. The van der Waals surface area contributed by atoms with Crippen molar-refractivity contribution < 1.29 is 19.1 Å². The lowest BCUT2D eigenvalue weighted by atomic mass is 10.1. The van der Waals surface area contributed by atoms with Crippen molar-refractivity contribution in [1.29, 1.82) is 0 Å². The van der Waals surface area contributed by atoms with Crippen LogP contribution in [0.3, 0.4) is 0 Å². The molecule has 0 heterocycles. The molecule has 0 bridgehead atoms. The minimum atomic E-state index is -0.486. The predicted molar refractivity (Wildman–Crippen MR) is 127 cm³/mol. The Morgan fingerprint density at radius 2 is 1.62 bits per heavy atom. The molecular formula is C25H23BrN2O4. The van der Waals surface area contributed by atoms with Gasteiger partial charge in [-0.05, 0) is 48.0 Å². The van der Waals surface area contributed by atoms with Crippen LogP contribution in [0.4, 0.5) is 0 Å². The number of carbonyl (C=O) groups excluding carboxylic acids is 2. The molecule has 0 fully saturated rings. The molecule has 7 heteroatoms. The topological polar surface area (TPSA) is 76.7 Å². The largest absolute Gasteiger partial charge is 0.492 e. The fourth-order valence-corrected chi connectivity index (χ4v) is 3.20. The van der Waals surface area contributed by atoms with E-state index >= 15 is 0 Å². The van der Waals surface area contributed by atoms with Gasteiger partial charge in [0.2, 0.25) is 0 Å². The highest BCUT2D eigenvalue weighted by Gasteiger charge is 2.15. The Balaban J connectivity index is 1.58. The van der Waals surface area contributed by atoms with Crippen molar-refractivity contribution in [2.24, 2.45) is 0 Å². The van der Waals surface area contributed by atoms with Crippen LogP contribution in [0.5, 0.6) is 11.5 Å². The smallest absolute Gasteiger partial charge is 0.273 e. The number of ether oxygens (including phenoxy) is 2. The summed E-state index contributed by atoms with van der Waals surface area (Å²) in [7, 11) is 0. The Labute approximate surface area is 195 Å². The summed E-state index contributed by atoms with van der Waals surface area (Å²) in [5.74, 6) is 0.118. The van der Waals surface area contributed by atoms with Gasteiger partial charge in [-0.2, -0.15) is 0 Å². The standard InChI is InChI=1S/C25H23BrN2O4/c1-2-15-31-21-11-8-19(9-12-21)24(29)27-28-25(30)22-17-20(26)10-13-23(22)32-16-14-18-6-4-3-5-7-18/h2-13,17H,1,14-16H2,(H,27,29)(H,28,30). The molecule has 3 rings (SSSR count). The molecule has 0 unspecified atom stereocenters. The van der Waals surface area contributed by atoms with Gasteiger partial charge in [0.15, 0.2) is 0 Å². The number of hydrogen-bond acceptors (Lipinski definition) is 4. The highest BCUT2D eigenvalue weighted by molar-refractivity contribution is 9.10. The van der Waals surface area contributed by atoms with Crippen molar-refractivity contribution in [3.05, 3.63) is 107 Å². The Bertz CT molecular complexity index is 1070. The summed E-state index contributed by atoms with van der Waals surface area (Å²) in [5.41, 5.74) is 6.69. The van der Waals surface area contributed by atoms with Gasteiger partial charge < -0.3 is 9.47 Å². The first-order chi connectivity index (χ1) is 15.6. The van der Waals surface area contributed by atoms with Crippen molar-refractivity contribution in [2.75, 3.05) is 13.2 Å². The minimum Gasteiger partial charge on any atom is -0.492 e. The van der Waals surface area contributed by atoms with Crippen LogP contribution in [0.25, 0.3) is 0 Å². The number of hydrogen-bond donors (Lipinski definition) is 2. The van der Waals surface area contributed by atoms with Gasteiger partial charge in [0, 0.05) is 16.5 Å². The van der Waals surface area contributed by atoms with Gasteiger partial charge in [-0.1, -0.05) is 58.9 Å². The lowest BCUT2D eigenvalue weighted by Gasteiger charge is -2.13. The normalized spacial score (nSPS) is 10.2. The number of amides is 2. The third-order valence-corrected chi connectivity index (χ3v) is 4.94. The van der Waals surface area contributed by atoms with Crippen LogP contribution < -0.4 is 20.3 Å². The van der Waals surface area contributed by atoms with Gasteiger partial charge in [0.25, 0.3) is 11.8 Å². The number of benzene rings is 3. The fourth-order valence-electron chi connectivity index (χ4n) is 2.84. The molecular weight excluding hydrogens is 472 g/mol. The van der Waals surface area contributed by atoms with E-state index in [1.54, 1.807) is 48.5 Å². The maximum atomic E-state index is 12.7. The number of hydrazine groups is 1. The molecule has 0 atom stereocenters. The van der Waals surface area contributed by atoms with Crippen molar-refractivity contribution in [2.45, 2.75) is 6.42 Å². The molecule has 2 amide bonds. The third kappa shape index (κ3) is 6.72. The van der Waals surface area contributed by atoms with Crippen LogP contribution in [0, 0.1) is 0 Å². The van der Waals surface area contributed by atoms with E-state index in [1.165, 1.54) is 0 Å². The molecule has 0 aromatic heterocycles. The SMILES string of the molecule is C=CCOc1ccc(C(=O)NNC(=O)c2cc(Br)ccc2OCCc2ccccc2)cc1. The van der Waals surface area contributed by atoms with Crippen molar-refractivity contribution >= 4 is 27.7 Å².